The smallest absolute Gasteiger partial charge is 0.268 e. The predicted octanol–water partition coefficient (Wildman–Crippen LogP) is 2.94. The summed E-state index contributed by atoms with van der Waals surface area (Å²) >= 11 is 0. The van der Waals surface area contributed by atoms with Gasteiger partial charge in [0.2, 0.25) is 10.0 Å². The molecule has 0 saturated carbocycles. The van der Waals surface area contributed by atoms with E-state index in [4.69, 9.17) is 0 Å². The van der Waals surface area contributed by atoms with Gasteiger partial charge in [0.25, 0.3) is 5.56 Å². The van der Waals surface area contributed by atoms with Crippen molar-refractivity contribution in [1.29, 1.82) is 0 Å². The van der Waals surface area contributed by atoms with Crippen molar-refractivity contribution < 1.29 is 8.42 Å². The van der Waals surface area contributed by atoms with E-state index in [1.807, 2.05) is 37.3 Å². The van der Waals surface area contributed by atoms with Crippen LogP contribution >= 0.6 is 0 Å². The Morgan fingerprint density at radius 1 is 1.10 bits per heavy atom. The second-order valence-electron chi connectivity index (χ2n) is 7.94. The maximum Gasteiger partial charge on any atom is 0.268 e. The Labute approximate surface area is 176 Å². The van der Waals surface area contributed by atoms with Crippen LogP contribution in [0.15, 0.2) is 59.4 Å². The fourth-order valence-electron chi connectivity index (χ4n) is 4.43. The molecule has 0 fully saturated rings. The average molecular weight is 424 g/mol. The van der Waals surface area contributed by atoms with Crippen LogP contribution in [0.4, 0.5) is 0 Å². The number of aromatic nitrogens is 2. The Morgan fingerprint density at radius 3 is 2.57 bits per heavy atom. The topological polar surface area (TPSA) is 91.9 Å². The summed E-state index contributed by atoms with van der Waals surface area (Å²) in [5.41, 5.74) is 5.42. The lowest BCUT2D eigenvalue weighted by molar-refractivity contribution is 0.424. The summed E-state index contributed by atoms with van der Waals surface area (Å²) in [7, 11) is -3.40. The van der Waals surface area contributed by atoms with Crippen LogP contribution < -0.4 is 10.3 Å². The molecule has 156 valence electrons. The van der Waals surface area contributed by atoms with Gasteiger partial charge >= 0.3 is 0 Å². The van der Waals surface area contributed by atoms with Crippen molar-refractivity contribution in [2.24, 2.45) is 0 Å². The number of aryl methyl sites for hydroxylation is 1. The Morgan fingerprint density at radius 2 is 1.83 bits per heavy atom. The van der Waals surface area contributed by atoms with E-state index in [2.05, 4.69) is 39.2 Å². The molecular formula is C23H25N3O3S. The molecule has 6 nitrogen and oxygen atoms in total. The standard InChI is InChI=1S/C23H25N3O3S/c1-15-19-11-12-21(26-30(2,28)29)20(22(19)23(27)25-24-15)14-16-7-6-10-18(13-16)17-8-4-3-5-9-17/h3-10,13,20-21,26H,11-12,14H2,1-2H3,(H,25,27)/t20-,21-/m0/s1. The minimum atomic E-state index is -3.40. The number of fused-ring (bicyclic) bond motifs is 1. The van der Waals surface area contributed by atoms with Crippen LogP contribution in [0, 0.1) is 6.92 Å². The predicted molar refractivity (Wildman–Crippen MR) is 118 cm³/mol. The number of rotatable bonds is 5. The largest absolute Gasteiger partial charge is 0.268 e. The van der Waals surface area contributed by atoms with Crippen molar-refractivity contribution in [2.45, 2.75) is 38.1 Å². The number of sulfonamides is 1. The van der Waals surface area contributed by atoms with Gasteiger partial charge in [-0.2, -0.15) is 5.10 Å². The molecule has 0 unspecified atom stereocenters. The van der Waals surface area contributed by atoms with E-state index in [0.29, 0.717) is 24.8 Å². The Kier molecular flexibility index (Phi) is 5.58. The summed E-state index contributed by atoms with van der Waals surface area (Å²) in [6.45, 7) is 1.88. The Hall–Kier alpha value is -2.77. The zero-order valence-corrected chi connectivity index (χ0v) is 17.9. The molecule has 0 spiro atoms. The van der Waals surface area contributed by atoms with Crippen LogP contribution in [0.5, 0.6) is 0 Å². The van der Waals surface area contributed by atoms with Crippen LogP contribution in [0.1, 0.15) is 34.7 Å². The van der Waals surface area contributed by atoms with Crippen molar-refractivity contribution in [1.82, 2.24) is 14.9 Å². The maximum atomic E-state index is 12.7. The molecule has 1 aliphatic rings. The van der Waals surface area contributed by atoms with Crippen LogP contribution in [-0.2, 0) is 22.9 Å². The second kappa shape index (κ2) is 8.16. The molecule has 30 heavy (non-hydrogen) atoms. The van der Waals surface area contributed by atoms with Gasteiger partial charge in [-0.25, -0.2) is 18.2 Å². The lowest BCUT2D eigenvalue weighted by Gasteiger charge is -2.33. The summed E-state index contributed by atoms with van der Waals surface area (Å²) in [5.74, 6) is -0.264. The van der Waals surface area contributed by atoms with Gasteiger partial charge in [0.1, 0.15) is 0 Å². The molecule has 4 rings (SSSR count). The molecule has 0 saturated heterocycles. The zero-order valence-electron chi connectivity index (χ0n) is 17.1. The van der Waals surface area contributed by atoms with Gasteiger partial charge in [-0.05, 0) is 48.4 Å². The highest BCUT2D eigenvalue weighted by atomic mass is 32.2. The molecule has 7 heteroatoms. The third-order valence-electron chi connectivity index (χ3n) is 5.75. The number of H-pyrrole nitrogens is 1. The highest BCUT2D eigenvalue weighted by Crippen LogP contribution is 2.34. The van der Waals surface area contributed by atoms with Gasteiger partial charge in [-0.1, -0.05) is 54.6 Å². The lowest BCUT2D eigenvalue weighted by atomic mass is 9.76. The fourth-order valence-corrected chi connectivity index (χ4v) is 5.26. The van der Waals surface area contributed by atoms with Gasteiger partial charge in [0.05, 0.1) is 11.9 Å². The molecule has 1 aromatic heterocycles. The number of aromatic amines is 1. The first-order chi connectivity index (χ1) is 14.3. The van der Waals surface area contributed by atoms with Crippen molar-refractivity contribution in [3.05, 3.63) is 87.3 Å². The van der Waals surface area contributed by atoms with Crippen LogP contribution in [0.3, 0.4) is 0 Å². The molecule has 1 heterocycles. The number of benzene rings is 2. The summed E-state index contributed by atoms with van der Waals surface area (Å²) in [4.78, 5) is 12.7. The summed E-state index contributed by atoms with van der Waals surface area (Å²) in [6.07, 6.45) is 2.99. The normalized spacial score (nSPS) is 18.7. The molecule has 0 amide bonds. The molecule has 2 N–H and O–H groups in total. The van der Waals surface area contributed by atoms with Gasteiger partial charge < -0.3 is 0 Å². The van der Waals surface area contributed by atoms with Crippen molar-refractivity contribution in [3.8, 4) is 11.1 Å². The van der Waals surface area contributed by atoms with E-state index in [1.165, 1.54) is 0 Å². The monoisotopic (exact) mass is 423 g/mol. The summed E-state index contributed by atoms with van der Waals surface area (Å²) < 4.78 is 26.7. The quantitative estimate of drug-likeness (QED) is 0.660. The second-order valence-corrected chi connectivity index (χ2v) is 9.72. The molecule has 0 aliphatic heterocycles. The van der Waals surface area contributed by atoms with Crippen LogP contribution in [0.25, 0.3) is 11.1 Å². The molecule has 2 aromatic carbocycles. The summed E-state index contributed by atoms with van der Waals surface area (Å²) in [6, 6.07) is 18.0. The van der Waals surface area contributed by atoms with Gasteiger partial charge in [-0.3, -0.25) is 4.79 Å². The number of hydrogen-bond acceptors (Lipinski definition) is 4. The molecular weight excluding hydrogens is 398 g/mol. The van der Waals surface area contributed by atoms with E-state index < -0.39 is 10.0 Å². The molecule has 0 bridgehead atoms. The first kappa shape index (κ1) is 20.5. The molecule has 2 atom stereocenters. The number of nitrogens with one attached hydrogen (secondary N) is 2. The fraction of sp³-hybridized carbons (Fsp3) is 0.304. The first-order valence-corrected chi connectivity index (χ1v) is 11.9. The first-order valence-electron chi connectivity index (χ1n) is 10.0. The van der Waals surface area contributed by atoms with E-state index in [9.17, 15) is 13.2 Å². The number of hydrogen-bond donors (Lipinski definition) is 2. The summed E-state index contributed by atoms with van der Waals surface area (Å²) in [5, 5.41) is 6.69. The van der Waals surface area contributed by atoms with E-state index in [1.54, 1.807) is 0 Å². The third-order valence-corrected chi connectivity index (χ3v) is 6.48. The SMILES string of the molecule is Cc1n[nH]c(=O)c2c1CC[C@H](NS(C)(=O)=O)[C@@H]2Cc1cccc(-c2ccccc2)c1. The Balaban J connectivity index is 1.75. The van der Waals surface area contributed by atoms with Crippen LogP contribution in [-0.4, -0.2) is 30.9 Å². The number of nitrogens with zero attached hydrogens (tertiary/aromatic N) is 1. The maximum absolute atomic E-state index is 12.7. The minimum absolute atomic E-state index is 0.236. The van der Waals surface area contributed by atoms with Crippen molar-refractivity contribution >= 4 is 10.0 Å². The van der Waals surface area contributed by atoms with Gasteiger partial charge in [-0.15, -0.1) is 0 Å². The highest BCUT2D eigenvalue weighted by molar-refractivity contribution is 7.88. The average Bonchev–Trinajstić information content (AvgIpc) is 2.72. The van der Waals surface area contributed by atoms with Gasteiger partial charge in [0.15, 0.2) is 0 Å². The van der Waals surface area contributed by atoms with Crippen molar-refractivity contribution in [3.63, 3.8) is 0 Å². The molecule has 1 aliphatic carbocycles. The highest BCUT2D eigenvalue weighted by Gasteiger charge is 2.34. The third kappa shape index (κ3) is 4.37. The minimum Gasteiger partial charge on any atom is -0.268 e. The van der Waals surface area contributed by atoms with Crippen LogP contribution in [0.2, 0.25) is 0 Å². The van der Waals surface area contributed by atoms with E-state index in [-0.39, 0.29) is 17.5 Å². The molecule has 0 radical (unpaired) electrons. The van der Waals surface area contributed by atoms with E-state index >= 15 is 0 Å². The molecule has 3 aromatic rings. The van der Waals surface area contributed by atoms with Crippen molar-refractivity contribution in [2.75, 3.05) is 6.26 Å². The van der Waals surface area contributed by atoms with Gasteiger partial charge in [0, 0.05) is 17.5 Å². The van der Waals surface area contributed by atoms with E-state index in [0.717, 1.165) is 34.2 Å². The Bertz CT molecular complexity index is 1220. The zero-order chi connectivity index (χ0) is 21.3. The lowest BCUT2D eigenvalue weighted by Crippen LogP contribution is -2.44.